The van der Waals surface area contributed by atoms with Gasteiger partial charge in [-0.15, -0.1) is 11.3 Å². The lowest BCUT2D eigenvalue weighted by molar-refractivity contribution is -0.0156. The first-order valence-electron chi connectivity index (χ1n) is 8.82. The topological polar surface area (TPSA) is 30.9 Å². The number of thiophene rings is 1. The molecule has 0 unspecified atom stereocenters. The summed E-state index contributed by atoms with van der Waals surface area (Å²) in [7, 11) is 0. The van der Waals surface area contributed by atoms with Gasteiger partial charge >= 0.3 is 0 Å². The number of likely N-dealkylation sites (tertiary alicyclic amines) is 1. The van der Waals surface area contributed by atoms with Crippen molar-refractivity contribution in [2.24, 2.45) is 17.3 Å². The monoisotopic (exact) mass is 337 g/mol. The molecule has 3 saturated heterocycles. The van der Waals surface area contributed by atoms with Crippen LogP contribution < -0.4 is 0 Å². The van der Waals surface area contributed by atoms with E-state index in [9.17, 15) is 0 Å². The van der Waals surface area contributed by atoms with Gasteiger partial charge in [-0.1, -0.05) is 6.07 Å². The van der Waals surface area contributed by atoms with Crippen LogP contribution in [0.3, 0.4) is 0 Å². The van der Waals surface area contributed by atoms with E-state index in [4.69, 9.17) is 14.2 Å². The Kier molecular flexibility index (Phi) is 5.02. The number of rotatable bonds is 6. The van der Waals surface area contributed by atoms with Crippen LogP contribution in [0.25, 0.3) is 0 Å². The van der Waals surface area contributed by atoms with Crippen LogP contribution in [0.1, 0.15) is 17.7 Å². The molecule has 5 heteroatoms. The summed E-state index contributed by atoms with van der Waals surface area (Å²) in [6.07, 6.45) is 2.30. The summed E-state index contributed by atoms with van der Waals surface area (Å²) in [5.41, 5.74) is 0.225. The van der Waals surface area contributed by atoms with E-state index < -0.39 is 0 Å². The van der Waals surface area contributed by atoms with Gasteiger partial charge in [-0.25, -0.2) is 0 Å². The molecular formula is C18H27NO3S. The Balaban J connectivity index is 1.30. The normalized spacial score (nSPS) is 32.4. The lowest BCUT2D eigenvalue weighted by Gasteiger charge is -2.29. The Bertz CT molecular complexity index is 488. The molecule has 0 amide bonds. The molecule has 0 aliphatic carbocycles. The molecule has 3 aliphatic heterocycles. The average Bonchev–Trinajstić information content (AvgIpc) is 3.25. The van der Waals surface area contributed by atoms with Gasteiger partial charge in [0.25, 0.3) is 0 Å². The molecular weight excluding hydrogens is 310 g/mol. The summed E-state index contributed by atoms with van der Waals surface area (Å²) in [5.74, 6) is 1.32. The van der Waals surface area contributed by atoms with Crippen LogP contribution in [0.5, 0.6) is 0 Å². The minimum Gasteiger partial charge on any atom is -0.381 e. The Hall–Kier alpha value is -0.460. The third-order valence-corrected chi connectivity index (χ3v) is 6.50. The Morgan fingerprint density at radius 1 is 1.30 bits per heavy atom. The minimum atomic E-state index is 0.225. The standard InChI is InChI=1S/C18H27NO3S/c1-2-17(23-7-1)9-19-8-16-11-22-14-18(16,12-19)13-21-10-15-3-5-20-6-4-15/h1-2,7,15-16H,3-6,8-14H2/t16-,18-/m0/s1. The van der Waals surface area contributed by atoms with Crippen molar-refractivity contribution < 1.29 is 14.2 Å². The van der Waals surface area contributed by atoms with Crippen molar-refractivity contribution in [3.8, 4) is 0 Å². The van der Waals surface area contributed by atoms with E-state index >= 15 is 0 Å². The summed E-state index contributed by atoms with van der Waals surface area (Å²) in [5, 5.41) is 2.17. The van der Waals surface area contributed by atoms with E-state index in [1.807, 2.05) is 11.3 Å². The first-order valence-corrected chi connectivity index (χ1v) is 9.70. The zero-order valence-corrected chi connectivity index (χ0v) is 14.6. The molecule has 128 valence electrons. The van der Waals surface area contributed by atoms with Crippen LogP contribution in [-0.2, 0) is 20.8 Å². The number of ether oxygens (including phenoxy) is 3. The highest BCUT2D eigenvalue weighted by Gasteiger charge is 2.50. The molecule has 0 saturated carbocycles. The van der Waals surface area contributed by atoms with Gasteiger partial charge in [-0.2, -0.15) is 0 Å². The van der Waals surface area contributed by atoms with Crippen LogP contribution in [0.4, 0.5) is 0 Å². The second kappa shape index (κ2) is 7.19. The highest BCUT2D eigenvalue weighted by atomic mass is 32.1. The zero-order valence-electron chi connectivity index (χ0n) is 13.7. The predicted molar refractivity (Wildman–Crippen MR) is 90.7 cm³/mol. The molecule has 4 rings (SSSR count). The fraction of sp³-hybridized carbons (Fsp3) is 0.778. The predicted octanol–water partition coefficient (Wildman–Crippen LogP) is 2.64. The van der Waals surface area contributed by atoms with E-state index in [1.54, 1.807) is 0 Å². The summed E-state index contributed by atoms with van der Waals surface area (Å²) < 4.78 is 17.4. The third kappa shape index (κ3) is 3.64. The molecule has 0 radical (unpaired) electrons. The van der Waals surface area contributed by atoms with Crippen LogP contribution in [0.15, 0.2) is 17.5 Å². The third-order valence-electron chi connectivity index (χ3n) is 5.64. The highest BCUT2D eigenvalue weighted by Crippen LogP contribution is 2.42. The number of hydrogen-bond donors (Lipinski definition) is 0. The molecule has 0 bridgehead atoms. The van der Waals surface area contributed by atoms with Crippen molar-refractivity contribution >= 4 is 11.3 Å². The zero-order chi connectivity index (χ0) is 15.5. The highest BCUT2D eigenvalue weighted by molar-refractivity contribution is 7.09. The Morgan fingerprint density at radius 2 is 2.22 bits per heavy atom. The largest absolute Gasteiger partial charge is 0.381 e. The molecule has 4 nitrogen and oxygen atoms in total. The van der Waals surface area contributed by atoms with Crippen molar-refractivity contribution in [1.82, 2.24) is 4.90 Å². The Labute approximate surface area is 142 Å². The summed E-state index contributed by atoms with van der Waals surface area (Å²) >= 11 is 1.86. The lowest BCUT2D eigenvalue weighted by atomic mass is 9.82. The maximum atomic E-state index is 6.19. The lowest BCUT2D eigenvalue weighted by Crippen LogP contribution is -2.36. The van der Waals surface area contributed by atoms with E-state index in [0.717, 1.165) is 72.1 Å². The first-order chi connectivity index (χ1) is 11.3. The van der Waals surface area contributed by atoms with Gasteiger partial charge < -0.3 is 14.2 Å². The molecule has 0 aromatic carbocycles. The van der Waals surface area contributed by atoms with Crippen molar-refractivity contribution in [1.29, 1.82) is 0 Å². The first kappa shape index (κ1) is 16.0. The Morgan fingerprint density at radius 3 is 3.04 bits per heavy atom. The van der Waals surface area contributed by atoms with Crippen LogP contribution >= 0.6 is 11.3 Å². The molecule has 1 aromatic heterocycles. The van der Waals surface area contributed by atoms with E-state index in [-0.39, 0.29) is 5.41 Å². The average molecular weight is 337 g/mol. The van der Waals surface area contributed by atoms with Crippen LogP contribution in [0, 0.1) is 17.3 Å². The van der Waals surface area contributed by atoms with Gasteiger partial charge in [-0.3, -0.25) is 4.90 Å². The SMILES string of the molecule is c1csc(CN2C[C@H]3COC[C@@]3(COCC3CCOCC3)C2)c1. The molecule has 4 heterocycles. The maximum Gasteiger partial charge on any atom is 0.0561 e. The summed E-state index contributed by atoms with van der Waals surface area (Å²) in [4.78, 5) is 4.06. The van der Waals surface area contributed by atoms with Gasteiger partial charge in [0.15, 0.2) is 0 Å². The van der Waals surface area contributed by atoms with Gasteiger partial charge in [-0.05, 0) is 30.2 Å². The molecule has 0 N–H and O–H groups in total. The molecule has 0 spiro atoms. The summed E-state index contributed by atoms with van der Waals surface area (Å²) in [6, 6.07) is 4.39. The van der Waals surface area contributed by atoms with Gasteiger partial charge in [0.05, 0.1) is 19.8 Å². The van der Waals surface area contributed by atoms with Crippen molar-refractivity contribution in [2.75, 3.05) is 52.7 Å². The molecule has 2 atom stereocenters. The minimum absolute atomic E-state index is 0.225. The second-order valence-electron chi connectivity index (χ2n) is 7.39. The van der Waals surface area contributed by atoms with Gasteiger partial charge in [0, 0.05) is 55.7 Å². The van der Waals surface area contributed by atoms with Crippen molar-refractivity contribution in [2.45, 2.75) is 19.4 Å². The van der Waals surface area contributed by atoms with Gasteiger partial charge in [0.1, 0.15) is 0 Å². The van der Waals surface area contributed by atoms with Crippen molar-refractivity contribution in [3.63, 3.8) is 0 Å². The molecule has 1 aromatic rings. The second-order valence-corrected chi connectivity index (χ2v) is 8.43. The van der Waals surface area contributed by atoms with Crippen LogP contribution in [-0.4, -0.2) is 57.6 Å². The fourth-order valence-corrected chi connectivity index (χ4v) is 4.98. The number of hydrogen-bond acceptors (Lipinski definition) is 5. The quantitative estimate of drug-likeness (QED) is 0.798. The fourth-order valence-electron chi connectivity index (χ4n) is 4.23. The molecule has 23 heavy (non-hydrogen) atoms. The van der Waals surface area contributed by atoms with Gasteiger partial charge in [0.2, 0.25) is 0 Å². The molecule has 3 fully saturated rings. The number of fused-ring (bicyclic) bond motifs is 1. The molecule has 3 aliphatic rings. The van der Waals surface area contributed by atoms with E-state index in [0.29, 0.717) is 11.8 Å². The van der Waals surface area contributed by atoms with E-state index in [2.05, 4.69) is 22.4 Å². The maximum absolute atomic E-state index is 6.19. The number of nitrogens with zero attached hydrogens (tertiary/aromatic N) is 1. The smallest absolute Gasteiger partial charge is 0.0561 e. The van der Waals surface area contributed by atoms with Crippen molar-refractivity contribution in [3.05, 3.63) is 22.4 Å². The van der Waals surface area contributed by atoms with Crippen LogP contribution in [0.2, 0.25) is 0 Å². The van der Waals surface area contributed by atoms with E-state index in [1.165, 1.54) is 4.88 Å². The summed E-state index contributed by atoms with van der Waals surface area (Å²) in [6.45, 7) is 8.67.